The number of hydrogen-bond acceptors (Lipinski definition) is 8. The summed E-state index contributed by atoms with van der Waals surface area (Å²) in [6.07, 6.45) is 1.62. The summed E-state index contributed by atoms with van der Waals surface area (Å²) in [6, 6.07) is 18.1. The highest BCUT2D eigenvalue weighted by Gasteiger charge is 2.15. The third kappa shape index (κ3) is 6.94. The molecule has 2 heterocycles. The monoisotopic (exact) mass is 521 g/mol. The Balaban J connectivity index is 0.000000257. The number of nitrogens with two attached hydrogens (primary N) is 1. The van der Waals surface area contributed by atoms with Gasteiger partial charge in [0.15, 0.2) is 5.13 Å². The van der Waals surface area contributed by atoms with Crippen LogP contribution < -0.4 is 11.1 Å². The molecule has 4 aromatic rings. The third-order valence-corrected chi connectivity index (χ3v) is 7.83. The molecule has 0 radical (unpaired) electrons. The van der Waals surface area contributed by atoms with E-state index in [1.807, 2.05) is 55.5 Å². The minimum absolute atomic E-state index is 0.00660. The lowest BCUT2D eigenvalue weighted by molar-refractivity contribution is 0.104. The Bertz CT molecular complexity index is 1350. The van der Waals surface area contributed by atoms with E-state index in [-0.39, 0.29) is 9.99 Å². The van der Waals surface area contributed by atoms with Gasteiger partial charge in [-0.15, -0.1) is 11.3 Å². The molecule has 0 aliphatic heterocycles. The Morgan fingerprint density at radius 2 is 1.79 bits per heavy atom. The minimum Gasteiger partial charge on any atom is -0.332 e. The maximum absolute atomic E-state index is 12.5. The third-order valence-electron chi connectivity index (χ3n) is 4.36. The summed E-state index contributed by atoms with van der Waals surface area (Å²) < 4.78 is 29.3. The molecule has 172 valence electrons. The fourth-order valence-electron chi connectivity index (χ4n) is 2.68. The first kappa shape index (κ1) is 25.0. The number of anilines is 2. The van der Waals surface area contributed by atoms with Crippen molar-refractivity contribution in [3.8, 4) is 0 Å². The normalized spacial score (nSPS) is 10.9. The van der Waals surface area contributed by atoms with Gasteiger partial charge >= 0.3 is 10.1 Å². The number of halogens is 1. The SMILES string of the molecule is Cc1ccccc1C(=O)c1cnc(Nc2ccc(CN)cc2)s1.O=S(=O)(O)c1ccc(Cl)s1. The number of carbonyl (C=O) groups is 1. The molecule has 11 heteroatoms. The topological polar surface area (TPSA) is 122 Å². The maximum atomic E-state index is 12.5. The van der Waals surface area contributed by atoms with Crippen LogP contribution in [0.15, 0.2) is 71.1 Å². The summed E-state index contributed by atoms with van der Waals surface area (Å²) in [5.41, 5.74) is 9.27. The van der Waals surface area contributed by atoms with Crippen molar-refractivity contribution in [2.24, 2.45) is 5.73 Å². The number of benzene rings is 2. The molecule has 0 unspecified atom stereocenters. The van der Waals surface area contributed by atoms with Crippen LogP contribution in [0.5, 0.6) is 0 Å². The van der Waals surface area contributed by atoms with Gasteiger partial charge in [0.1, 0.15) is 4.21 Å². The first-order chi connectivity index (χ1) is 15.7. The fourth-order valence-corrected chi connectivity index (χ4v) is 5.32. The zero-order chi connectivity index (χ0) is 24.0. The Labute approximate surface area is 204 Å². The van der Waals surface area contributed by atoms with Gasteiger partial charge in [-0.25, -0.2) is 4.98 Å². The summed E-state index contributed by atoms with van der Waals surface area (Å²) in [7, 11) is -4.05. The van der Waals surface area contributed by atoms with E-state index in [4.69, 9.17) is 21.9 Å². The van der Waals surface area contributed by atoms with Crippen LogP contribution in [0, 0.1) is 6.92 Å². The van der Waals surface area contributed by atoms with Crippen molar-refractivity contribution in [3.63, 3.8) is 0 Å². The van der Waals surface area contributed by atoms with Crippen LogP contribution in [-0.2, 0) is 16.7 Å². The molecule has 0 aliphatic rings. The predicted molar refractivity (Wildman–Crippen MR) is 133 cm³/mol. The number of hydrogen-bond donors (Lipinski definition) is 3. The second kappa shape index (κ2) is 11.0. The average Bonchev–Trinajstić information content (AvgIpc) is 3.44. The predicted octanol–water partition coefficient (Wildman–Crippen LogP) is 5.53. The number of thiazole rings is 1. The van der Waals surface area contributed by atoms with Crippen molar-refractivity contribution in [1.29, 1.82) is 0 Å². The van der Waals surface area contributed by atoms with E-state index in [9.17, 15) is 13.2 Å². The molecular formula is C22H20ClN3O4S3. The Morgan fingerprint density at radius 3 is 2.33 bits per heavy atom. The average molecular weight is 522 g/mol. The summed E-state index contributed by atoms with van der Waals surface area (Å²) in [5, 5.41) is 3.91. The standard InChI is InChI=1S/C18H17N3OS.C4H3ClO3S2/c1-12-4-2-3-5-15(12)17(22)16-11-20-18(23-16)21-14-8-6-13(10-19)7-9-14;5-3-1-2-4(9-3)10(6,7)8/h2-9,11H,10,19H2,1H3,(H,20,21);1-2H,(H,6,7,8). The molecule has 4 N–H and O–H groups in total. The highest BCUT2D eigenvalue weighted by Crippen LogP contribution is 2.26. The largest absolute Gasteiger partial charge is 0.332 e. The highest BCUT2D eigenvalue weighted by molar-refractivity contribution is 7.88. The fraction of sp³-hybridized carbons (Fsp3) is 0.0909. The zero-order valence-corrected chi connectivity index (χ0v) is 20.6. The van der Waals surface area contributed by atoms with Gasteiger partial charge in [-0.1, -0.05) is 59.3 Å². The van der Waals surface area contributed by atoms with Crippen molar-refractivity contribution in [1.82, 2.24) is 4.98 Å². The highest BCUT2D eigenvalue weighted by atomic mass is 35.5. The van der Waals surface area contributed by atoms with Crippen LogP contribution in [0.4, 0.5) is 10.8 Å². The zero-order valence-electron chi connectivity index (χ0n) is 17.4. The molecule has 2 aromatic heterocycles. The number of rotatable bonds is 6. The van der Waals surface area contributed by atoms with E-state index < -0.39 is 10.1 Å². The van der Waals surface area contributed by atoms with Gasteiger partial charge in [-0.3, -0.25) is 9.35 Å². The van der Waals surface area contributed by atoms with Gasteiger partial charge in [0.2, 0.25) is 5.78 Å². The number of nitrogens with zero attached hydrogens (tertiary/aromatic N) is 1. The summed E-state index contributed by atoms with van der Waals surface area (Å²) in [6.45, 7) is 2.46. The number of thiophene rings is 1. The van der Waals surface area contributed by atoms with Crippen LogP contribution in [0.25, 0.3) is 0 Å². The van der Waals surface area contributed by atoms with Gasteiger partial charge in [0.05, 0.1) is 15.4 Å². The molecule has 0 bridgehead atoms. The molecule has 0 amide bonds. The Kier molecular flexibility index (Phi) is 8.35. The number of nitrogens with one attached hydrogen (secondary N) is 1. The van der Waals surface area contributed by atoms with Gasteiger partial charge < -0.3 is 11.1 Å². The first-order valence-electron chi connectivity index (χ1n) is 9.52. The second-order valence-corrected chi connectivity index (χ2v) is 11.1. The van der Waals surface area contributed by atoms with E-state index in [1.54, 1.807) is 6.20 Å². The van der Waals surface area contributed by atoms with Crippen LogP contribution in [0.3, 0.4) is 0 Å². The van der Waals surface area contributed by atoms with Crippen molar-refractivity contribution in [2.75, 3.05) is 5.32 Å². The maximum Gasteiger partial charge on any atom is 0.304 e. The summed E-state index contributed by atoms with van der Waals surface area (Å²) >= 11 is 7.58. The van der Waals surface area contributed by atoms with Crippen molar-refractivity contribution in [3.05, 3.63) is 92.8 Å². The van der Waals surface area contributed by atoms with Crippen molar-refractivity contribution in [2.45, 2.75) is 17.7 Å². The lowest BCUT2D eigenvalue weighted by atomic mass is 10.0. The van der Waals surface area contributed by atoms with Crippen LogP contribution in [0.1, 0.15) is 26.4 Å². The van der Waals surface area contributed by atoms with Gasteiger partial charge in [-0.2, -0.15) is 8.42 Å². The number of ketones is 1. The lowest BCUT2D eigenvalue weighted by Gasteiger charge is -2.03. The molecule has 7 nitrogen and oxygen atoms in total. The molecule has 0 spiro atoms. The molecule has 2 aromatic carbocycles. The lowest BCUT2D eigenvalue weighted by Crippen LogP contribution is -2.00. The molecule has 0 atom stereocenters. The first-order valence-corrected chi connectivity index (χ1v) is 13.0. The number of carbonyl (C=O) groups excluding carboxylic acids is 1. The van der Waals surface area contributed by atoms with E-state index in [0.29, 0.717) is 20.9 Å². The van der Waals surface area contributed by atoms with E-state index in [2.05, 4.69) is 10.3 Å². The van der Waals surface area contributed by atoms with Crippen molar-refractivity contribution < 1.29 is 17.8 Å². The van der Waals surface area contributed by atoms with E-state index in [0.717, 1.165) is 33.7 Å². The number of aromatic nitrogens is 1. The van der Waals surface area contributed by atoms with Crippen LogP contribution >= 0.6 is 34.3 Å². The van der Waals surface area contributed by atoms with E-state index >= 15 is 0 Å². The van der Waals surface area contributed by atoms with Gasteiger partial charge in [-0.05, 0) is 42.3 Å². The molecule has 33 heavy (non-hydrogen) atoms. The molecule has 0 fully saturated rings. The van der Waals surface area contributed by atoms with Crippen LogP contribution in [-0.4, -0.2) is 23.7 Å². The summed E-state index contributed by atoms with van der Waals surface area (Å²) in [5.74, 6) is 0.00660. The Hall–Kier alpha value is -2.60. The second-order valence-electron chi connectivity index (χ2n) is 6.73. The Morgan fingerprint density at radius 1 is 1.09 bits per heavy atom. The molecular weight excluding hydrogens is 502 g/mol. The minimum atomic E-state index is -4.05. The van der Waals surface area contributed by atoms with Crippen LogP contribution in [0.2, 0.25) is 4.34 Å². The smallest absolute Gasteiger partial charge is 0.304 e. The number of aryl methyl sites for hydroxylation is 1. The molecule has 4 rings (SSSR count). The van der Waals surface area contributed by atoms with Crippen molar-refractivity contribution >= 4 is 61.0 Å². The molecule has 0 saturated heterocycles. The summed E-state index contributed by atoms with van der Waals surface area (Å²) in [4.78, 5) is 17.5. The quantitative estimate of drug-likeness (QED) is 0.225. The molecule has 0 aliphatic carbocycles. The molecule has 0 saturated carbocycles. The van der Waals surface area contributed by atoms with Gasteiger partial charge in [0.25, 0.3) is 0 Å². The van der Waals surface area contributed by atoms with E-state index in [1.165, 1.54) is 23.5 Å². The van der Waals surface area contributed by atoms with Gasteiger partial charge in [0, 0.05) is 17.8 Å².